The molecule has 0 aliphatic carbocycles. The topological polar surface area (TPSA) is 52.3 Å². The molecule has 0 fully saturated rings. The third-order valence-electron chi connectivity index (χ3n) is 2.60. The van der Waals surface area contributed by atoms with E-state index in [-0.39, 0.29) is 11.8 Å². The Labute approximate surface area is 96.6 Å². The minimum absolute atomic E-state index is 0.153. The van der Waals surface area contributed by atoms with Gasteiger partial charge in [-0.2, -0.15) is 0 Å². The van der Waals surface area contributed by atoms with Crippen molar-refractivity contribution in [3.8, 4) is 5.75 Å². The predicted molar refractivity (Wildman–Crippen MR) is 64.5 cm³/mol. The van der Waals surface area contributed by atoms with Crippen molar-refractivity contribution in [1.82, 2.24) is 0 Å². The SMILES string of the molecule is CCOc1ccccc1C(CC)CC(N)=O. The maximum atomic E-state index is 11.0. The van der Waals surface area contributed by atoms with Crippen LogP contribution in [0.15, 0.2) is 24.3 Å². The molecule has 1 unspecified atom stereocenters. The normalized spacial score (nSPS) is 12.1. The molecule has 0 aliphatic rings. The van der Waals surface area contributed by atoms with Crippen molar-refractivity contribution in [2.45, 2.75) is 32.6 Å². The van der Waals surface area contributed by atoms with Gasteiger partial charge >= 0.3 is 0 Å². The van der Waals surface area contributed by atoms with Crippen LogP contribution in [0.1, 0.15) is 38.2 Å². The number of para-hydroxylation sites is 1. The molecule has 0 saturated carbocycles. The monoisotopic (exact) mass is 221 g/mol. The summed E-state index contributed by atoms with van der Waals surface area (Å²) in [6.07, 6.45) is 1.26. The minimum Gasteiger partial charge on any atom is -0.494 e. The van der Waals surface area contributed by atoms with Crippen LogP contribution in [0.2, 0.25) is 0 Å². The fourth-order valence-electron chi connectivity index (χ4n) is 1.82. The molecule has 1 rings (SSSR count). The van der Waals surface area contributed by atoms with Crippen LogP contribution in [0.25, 0.3) is 0 Å². The lowest BCUT2D eigenvalue weighted by Crippen LogP contribution is -2.15. The Morgan fingerprint density at radius 1 is 1.38 bits per heavy atom. The smallest absolute Gasteiger partial charge is 0.218 e. The maximum Gasteiger partial charge on any atom is 0.218 e. The van der Waals surface area contributed by atoms with Crippen LogP contribution in [0.5, 0.6) is 5.75 Å². The fourth-order valence-corrected chi connectivity index (χ4v) is 1.82. The zero-order valence-electron chi connectivity index (χ0n) is 9.90. The molecule has 2 N–H and O–H groups in total. The summed E-state index contributed by atoms with van der Waals surface area (Å²) in [5, 5.41) is 0. The van der Waals surface area contributed by atoms with Gasteiger partial charge in [0.1, 0.15) is 5.75 Å². The van der Waals surface area contributed by atoms with E-state index in [1.165, 1.54) is 0 Å². The molecule has 1 atom stereocenters. The number of benzene rings is 1. The second-order valence-corrected chi connectivity index (χ2v) is 3.75. The van der Waals surface area contributed by atoms with Crippen molar-refractivity contribution in [2.75, 3.05) is 6.61 Å². The molecule has 16 heavy (non-hydrogen) atoms. The molecule has 1 aromatic carbocycles. The first-order valence-electron chi connectivity index (χ1n) is 5.69. The molecule has 0 aliphatic heterocycles. The number of ether oxygens (including phenoxy) is 1. The lowest BCUT2D eigenvalue weighted by atomic mass is 9.92. The quantitative estimate of drug-likeness (QED) is 0.802. The summed E-state index contributed by atoms with van der Waals surface area (Å²) in [6.45, 7) is 4.63. The van der Waals surface area contributed by atoms with E-state index in [0.717, 1.165) is 17.7 Å². The zero-order valence-corrected chi connectivity index (χ0v) is 9.90. The highest BCUT2D eigenvalue weighted by Crippen LogP contribution is 2.31. The summed E-state index contributed by atoms with van der Waals surface area (Å²) in [7, 11) is 0. The lowest BCUT2D eigenvalue weighted by molar-refractivity contribution is -0.118. The number of carbonyl (C=O) groups is 1. The van der Waals surface area contributed by atoms with E-state index in [9.17, 15) is 4.79 Å². The Morgan fingerprint density at radius 2 is 2.06 bits per heavy atom. The molecule has 1 aromatic rings. The van der Waals surface area contributed by atoms with Gasteiger partial charge in [-0.15, -0.1) is 0 Å². The van der Waals surface area contributed by atoms with E-state index in [0.29, 0.717) is 13.0 Å². The van der Waals surface area contributed by atoms with E-state index in [1.807, 2.05) is 31.2 Å². The molecule has 0 saturated heterocycles. The van der Waals surface area contributed by atoms with E-state index in [2.05, 4.69) is 6.92 Å². The van der Waals surface area contributed by atoms with Crippen LogP contribution in [0.3, 0.4) is 0 Å². The first kappa shape index (κ1) is 12.6. The molecular formula is C13H19NO2. The van der Waals surface area contributed by atoms with Crippen LogP contribution in [-0.4, -0.2) is 12.5 Å². The Kier molecular flexibility index (Phi) is 4.83. The number of nitrogens with two attached hydrogens (primary N) is 1. The molecule has 1 amide bonds. The fraction of sp³-hybridized carbons (Fsp3) is 0.462. The van der Waals surface area contributed by atoms with Crippen LogP contribution in [-0.2, 0) is 4.79 Å². The Hall–Kier alpha value is -1.51. The molecule has 0 radical (unpaired) electrons. The second-order valence-electron chi connectivity index (χ2n) is 3.75. The van der Waals surface area contributed by atoms with Crippen molar-refractivity contribution >= 4 is 5.91 Å². The third kappa shape index (κ3) is 3.26. The predicted octanol–water partition coefficient (Wildman–Crippen LogP) is 2.45. The number of rotatable bonds is 6. The maximum absolute atomic E-state index is 11.0. The summed E-state index contributed by atoms with van der Waals surface area (Å²) < 4.78 is 5.55. The van der Waals surface area contributed by atoms with Crippen LogP contribution >= 0.6 is 0 Å². The Bertz CT molecular complexity index is 350. The van der Waals surface area contributed by atoms with Gasteiger partial charge in [0.05, 0.1) is 6.61 Å². The summed E-state index contributed by atoms with van der Waals surface area (Å²) in [5.41, 5.74) is 6.33. The number of primary amides is 1. The molecular weight excluding hydrogens is 202 g/mol. The first-order valence-corrected chi connectivity index (χ1v) is 5.69. The van der Waals surface area contributed by atoms with Gasteiger partial charge in [0.15, 0.2) is 0 Å². The van der Waals surface area contributed by atoms with Crippen molar-refractivity contribution in [3.05, 3.63) is 29.8 Å². The Balaban J connectivity index is 2.94. The van der Waals surface area contributed by atoms with Crippen LogP contribution in [0.4, 0.5) is 0 Å². The number of hydrogen-bond acceptors (Lipinski definition) is 2. The van der Waals surface area contributed by atoms with Crippen molar-refractivity contribution < 1.29 is 9.53 Å². The number of amides is 1. The first-order chi connectivity index (χ1) is 7.69. The van der Waals surface area contributed by atoms with E-state index in [1.54, 1.807) is 0 Å². The van der Waals surface area contributed by atoms with Gasteiger partial charge in [-0.25, -0.2) is 0 Å². The van der Waals surface area contributed by atoms with Gasteiger partial charge in [-0.1, -0.05) is 25.1 Å². The van der Waals surface area contributed by atoms with Crippen LogP contribution < -0.4 is 10.5 Å². The van der Waals surface area contributed by atoms with E-state index >= 15 is 0 Å². The van der Waals surface area contributed by atoms with Gasteiger partial charge in [0, 0.05) is 6.42 Å². The average molecular weight is 221 g/mol. The second kappa shape index (κ2) is 6.16. The van der Waals surface area contributed by atoms with Crippen molar-refractivity contribution in [2.24, 2.45) is 5.73 Å². The molecule has 88 valence electrons. The largest absolute Gasteiger partial charge is 0.494 e. The number of carbonyl (C=O) groups excluding carboxylic acids is 1. The lowest BCUT2D eigenvalue weighted by Gasteiger charge is -2.17. The number of hydrogen-bond donors (Lipinski definition) is 1. The standard InChI is InChI=1S/C13H19NO2/c1-3-10(9-13(14)15)11-7-5-6-8-12(11)16-4-2/h5-8,10H,3-4,9H2,1-2H3,(H2,14,15). The summed E-state index contributed by atoms with van der Waals surface area (Å²) >= 11 is 0. The summed E-state index contributed by atoms with van der Waals surface area (Å²) in [5.74, 6) is 0.747. The molecule has 0 spiro atoms. The Morgan fingerprint density at radius 3 is 2.62 bits per heavy atom. The summed E-state index contributed by atoms with van der Waals surface area (Å²) in [4.78, 5) is 11.0. The zero-order chi connectivity index (χ0) is 12.0. The van der Waals surface area contributed by atoms with Gasteiger partial charge in [0.25, 0.3) is 0 Å². The molecule has 0 aromatic heterocycles. The van der Waals surface area contributed by atoms with E-state index < -0.39 is 0 Å². The van der Waals surface area contributed by atoms with Crippen LogP contribution in [0, 0.1) is 0 Å². The van der Waals surface area contributed by atoms with Crippen molar-refractivity contribution in [1.29, 1.82) is 0 Å². The molecule has 3 heteroatoms. The van der Waals surface area contributed by atoms with E-state index in [4.69, 9.17) is 10.5 Å². The van der Waals surface area contributed by atoms with Crippen molar-refractivity contribution in [3.63, 3.8) is 0 Å². The average Bonchev–Trinajstić information content (AvgIpc) is 2.27. The molecule has 3 nitrogen and oxygen atoms in total. The highest BCUT2D eigenvalue weighted by Gasteiger charge is 2.16. The molecule has 0 bridgehead atoms. The highest BCUT2D eigenvalue weighted by molar-refractivity contribution is 5.75. The third-order valence-corrected chi connectivity index (χ3v) is 2.60. The van der Waals surface area contributed by atoms with Gasteiger partial charge in [-0.3, -0.25) is 4.79 Å². The van der Waals surface area contributed by atoms with Gasteiger partial charge in [0.2, 0.25) is 5.91 Å². The van der Waals surface area contributed by atoms with Gasteiger partial charge in [-0.05, 0) is 30.9 Å². The molecule has 0 heterocycles. The summed E-state index contributed by atoms with van der Waals surface area (Å²) in [6, 6.07) is 7.83. The minimum atomic E-state index is -0.266. The van der Waals surface area contributed by atoms with Gasteiger partial charge < -0.3 is 10.5 Å². The highest BCUT2D eigenvalue weighted by atomic mass is 16.5.